The fourth-order valence-corrected chi connectivity index (χ4v) is 1.85. The molecule has 1 aromatic carbocycles. The van der Waals surface area contributed by atoms with Gasteiger partial charge in [-0.15, -0.1) is 0 Å². The third kappa shape index (κ3) is 4.79. The number of carbonyl (C=O) groups is 3. The Morgan fingerprint density at radius 3 is 2.39 bits per heavy atom. The zero-order valence-electron chi connectivity index (χ0n) is 11.9. The monoisotopic (exact) mass is 332 g/mol. The molecule has 0 spiro atoms. The Bertz CT molecular complexity index is 722. The van der Waals surface area contributed by atoms with Crippen molar-refractivity contribution in [2.75, 3.05) is 6.54 Å². The van der Waals surface area contributed by atoms with Crippen molar-refractivity contribution in [3.05, 3.63) is 64.9 Å². The fraction of sp³-hybridized carbons (Fsp3) is 0.0667. The molecule has 0 aliphatic heterocycles. The van der Waals surface area contributed by atoms with Crippen LogP contribution in [-0.4, -0.2) is 29.3 Å². The van der Waals surface area contributed by atoms with Crippen molar-refractivity contribution in [3.8, 4) is 0 Å². The molecule has 0 aliphatic carbocycles. The smallest absolute Gasteiger partial charge is 0.288 e. The highest BCUT2D eigenvalue weighted by molar-refractivity contribution is 6.33. The summed E-state index contributed by atoms with van der Waals surface area (Å²) < 4.78 is 0. The lowest BCUT2D eigenvalue weighted by Gasteiger charge is -2.08. The minimum atomic E-state index is -0.588. The Morgan fingerprint density at radius 1 is 0.957 bits per heavy atom. The maximum absolute atomic E-state index is 11.9. The molecule has 1 aromatic heterocycles. The van der Waals surface area contributed by atoms with Crippen molar-refractivity contribution < 1.29 is 14.4 Å². The Labute approximate surface area is 137 Å². The third-order valence-corrected chi connectivity index (χ3v) is 3.07. The average molecular weight is 333 g/mol. The van der Waals surface area contributed by atoms with Crippen molar-refractivity contribution in [2.24, 2.45) is 0 Å². The summed E-state index contributed by atoms with van der Waals surface area (Å²) >= 11 is 5.88. The van der Waals surface area contributed by atoms with Crippen molar-refractivity contribution >= 4 is 29.3 Å². The number of amides is 3. The molecule has 2 rings (SSSR count). The zero-order chi connectivity index (χ0) is 16.7. The first-order chi connectivity index (χ1) is 11.1. The number of hydrogen-bond acceptors (Lipinski definition) is 4. The molecule has 0 unspecified atom stereocenters. The molecule has 8 heteroatoms. The zero-order valence-corrected chi connectivity index (χ0v) is 12.6. The molecular formula is C15H13ClN4O3. The molecule has 0 saturated carbocycles. The molecule has 0 aliphatic rings. The van der Waals surface area contributed by atoms with Crippen LogP contribution in [0.15, 0.2) is 48.7 Å². The van der Waals surface area contributed by atoms with Crippen LogP contribution in [0.2, 0.25) is 5.02 Å². The number of rotatable bonds is 4. The number of hydrogen-bond donors (Lipinski definition) is 3. The van der Waals surface area contributed by atoms with Gasteiger partial charge in [-0.1, -0.05) is 29.8 Å². The van der Waals surface area contributed by atoms with E-state index in [9.17, 15) is 14.4 Å². The van der Waals surface area contributed by atoms with E-state index in [4.69, 9.17) is 11.6 Å². The lowest BCUT2D eigenvalue weighted by molar-refractivity contribution is -0.120. The lowest BCUT2D eigenvalue weighted by atomic mass is 10.2. The van der Waals surface area contributed by atoms with E-state index in [1.54, 1.807) is 36.4 Å². The largest absolute Gasteiger partial charge is 0.343 e. The second-order valence-electron chi connectivity index (χ2n) is 4.38. The first-order valence-electron chi connectivity index (χ1n) is 6.61. The van der Waals surface area contributed by atoms with Crippen LogP contribution < -0.4 is 16.2 Å². The van der Waals surface area contributed by atoms with Gasteiger partial charge in [0.2, 0.25) is 0 Å². The summed E-state index contributed by atoms with van der Waals surface area (Å²) in [6, 6.07) is 11.3. The van der Waals surface area contributed by atoms with Crippen LogP contribution in [0.5, 0.6) is 0 Å². The highest BCUT2D eigenvalue weighted by atomic mass is 35.5. The van der Waals surface area contributed by atoms with Crippen molar-refractivity contribution in [1.82, 2.24) is 21.2 Å². The molecule has 1 heterocycles. The molecular weight excluding hydrogens is 320 g/mol. The first kappa shape index (κ1) is 16.4. The molecule has 0 bridgehead atoms. The summed E-state index contributed by atoms with van der Waals surface area (Å²) in [5.74, 6) is -1.63. The van der Waals surface area contributed by atoms with E-state index in [0.29, 0.717) is 0 Å². The predicted molar refractivity (Wildman–Crippen MR) is 83.6 cm³/mol. The van der Waals surface area contributed by atoms with Gasteiger partial charge in [-0.2, -0.15) is 0 Å². The van der Waals surface area contributed by atoms with Gasteiger partial charge in [0.25, 0.3) is 17.7 Å². The summed E-state index contributed by atoms with van der Waals surface area (Å²) in [6.07, 6.45) is 1.46. The molecule has 23 heavy (non-hydrogen) atoms. The molecule has 0 saturated heterocycles. The summed E-state index contributed by atoms with van der Waals surface area (Å²) in [4.78, 5) is 39.0. The van der Waals surface area contributed by atoms with Crippen molar-refractivity contribution in [3.63, 3.8) is 0 Å². The minimum Gasteiger partial charge on any atom is -0.343 e. The Hall–Kier alpha value is -2.93. The molecule has 0 fully saturated rings. The van der Waals surface area contributed by atoms with Crippen LogP contribution in [0.1, 0.15) is 20.8 Å². The van der Waals surface area contributed by atoms with Gasteiger partial charge in [0.1, 0.15) is 5.69 Å². The van der Waals surface area contributed by atoms with E-state index in [1.807, 2.05) is 0 Å². The maximum atomic E-state index is 11.9. The minimum absolute atomic E-state index is 0.160. The van der Waals surface area contributed by atoms with Gasteiger partial charge in [-0.3, -0.25) is 30.2 Å². The molecule has 7 nitrogen and oxygen atoms in total. The van der Waals surface area contributed by atoms with Gasteiger partial charge >= 0.3 is 0 Å². The molecule has 0 atom stereocenters. The maximum Gasteiger partial charge on any atom is 0.288 e. The van der Waals surface area contributed by atoms with Crippen LogP contribution >= 0.6 is 11.6 Å². The van der Waals surface area contributed by atoms with Crippen LogP contribution in [-0.2, 0) is 4.79 Å². The van der Waals surface area contributed by atoms with Crippen LogP contribution in [0, 0.1) is 0 Å². The number of halogens is 1. The number of nitrogens with zero attached hydrogens (tertiary/aromatic N) is 1. The average Bonchev–Trinajstić information content (AvgIpc) is 2.58. The Balaban J connectivity index is 1.78. The van der Waals surface area contributed by atoms with Gasteiger partial charge < -0.3 is 5.32 Å². The van der Waals surface area contributed by atoms with E-state index < -0.39 is 17.7 Å². The summed E-state index contributed by atoms with van der Waals surface area (Å²) in [5.41, 5.74) is 4.79. The van der Waals surface area contributed by atoms with Crippen LogP contribution in [0.25, 0.3) is 0 Å². The SMILES string of the molecule is O=C(CNC(=O)c1ccccc1Cl)NNC(=O)c1ccccn1. The van der Waals surface area contributed by atoms with Crippen molar-refractivity contribution in [2.45, 2.75) is 0 Å². The molecule has 3 amide bonds. The van der Waals surface area contributed by atoms with Gasteiger partial charge in [0.15, 0.2) is 0 Å². The Morgan fingerprint density at radius 2 is 1.70 bits per heavy atom. The number of nitrogens with one attached hydrogen (secondary N) is 3. The molecule has 3 N–H and O–H groups in total. The molecule has 118 valence electrons. The molecule has 0 radical (unpaired) electrons. The highest BCUT2D eigenvalue weighted by Gasteiger charge is 2.12. The van der Waals surface area contributed by atoms with E-state index in [-0.39, 0.29) is 22.8 Å². The van der Waals surface area contributed by atoms with E-state index in [2.05, 4.69) is 21.2 Å². The van der Waals surface area contributed by atoms with Gasteiger partial charge in [0, 0.05) is 6.20 Å². The third-order valence-electron chi connectivity index (χ3n) is 2.74. The summed E-state index contributed by atoms with van der Waals surface area (Å²) in [6.45, 7) is -0.313. The van der Waals surface area contributed by atoms with Gasteiger partial charge in [-0.05, 0) is 24.3 Å². The van der Waals surface area contributed by atoms with Gasteiger partial charge in [-0.25, -0.2) is 0 Å². The topological polar surface area (TPSA) is 100 Å². The Kier molecular flexibility index (Phi) is 5.65. The van der Waals surface area contributed by atoms with E-state index in [0.717, 1.165) is 0 Å². The normalized spacial score (nSPS) is 9.78. The number of carbonyl (C=O) groups excluding carboxylic acids is 3. The number of hydrazine groups is 1. The standard InChI is InChI=1S/C15H13ClN4O3/c16-11-6-2-1-5-10(11)14(22)18-9-13(21)19-20-15(23)12-7-3-4-8-17-12/h1-8H,9H2,(H,18,22)(H,19,21)(H,20,23). The second-order valence-corrected chi connectivity index (χ2v) is 4.79. The highest BCUT2D eigenvalue weighted by Crippen LogP contribution is 2.14. The quantitative estimate of drug-likeness (QED) is 0.725. The van der Waals surface area contributed by atoms with Crippen LogP contribution in [0.3, 0.4) is 0 Å². The van der Waals surface area contributed by atoms with E-state index >= 15 is 0 Å². The summed E-state index contributed by atoms with van der Waals surface area (Å²) in [5, 5.41) is 2.69. The number of benzene rings is 1. The van der Waals surface area contributed by atoms with Crippen molar-refractivity contribution in [1.29, 1.82) is 0 Å². The lowest BCUT2D eigenvalue weighted by Crippen LogP contribution is -2.46. The van der Waals surface area contributed by atoms with Crippen LogP contribution in [0.4, 0.5) is 0 Å². The summed E-state index contributed by atoms with van der Waals surface area (Å²) in [7, 11) is 0. The van der Waals surface area contributed by atoms with Gasteiger partial charge in [0.05, 0.1) is 17.1 Å². The second kappa shape index (κ2) is 7.90. The first-order valence-corrected chi connectivity index (χ1v) is 6.98. The number of aromatic nitrogens is 1. The predicted octanol–water partition coefficient (Wildman–Crippen LogP) is 0.926. The van der Waals surface area contributed by atoms with E-state index in [1.165, 1.54) is 12.3 Å². The molecule has 2 aromatic rings. The fourth-order valence-electron chi connectivity index (χ4n) is 1.63. The number of pyridine rings is 1.